The summed E-state index contributed by atoms with van der Waals surface area (Å²) in [4.78, 5) is 38.8. The normalized spacial score (nSPS) is 19.4. The third kappa shape index (κ3) is 5.38. The molecule has 5 heteroatoms. The van der Waals surface area contributed by atoms with Crippen molar-refractivity contribution in [3.8, 4) is 0 Å². The summed E-state index contributed by atoms with van der Waals surface area (Å²) in [5, 5.41) is 0. The maximum Gasteiger partial charge on any atom is 0.150 e. The van der Waals surface area contributed by atoms with E-state index in [2.05, 4.69) is 25.3 Å². The van der Waals surface area contributed by atoms with Gasteiger partial charge in [-0.2, -0.15) is 0 Å². The van der Waals surface area contributed by atoms with E-state index in [4.69, 9.17) is 0 Å². The molecule has 0 radical (unpaired) electrons. The second kappa shape index (κ2) is 10.6. The zero-order valence-electron chi connectivity index (χ0n) is 18.9. The Morgan fingerprint density at radius 3 is 2.63 bits per heavy atom. The van der Waals surface area contributed by atoms with Crippen LogP contribution in [0.5, 0.6) is 0 Å². The van der Waals surface area contributed by atoms with E-state index >= 15 is 0 Å². The summed E-state index contributed by atoms with van der Waals surface area (Å²) in [6.45, 7) is 12.2. The van der Waals surface area contributed by atoms with E-state index in [-0.39, 0.29) is 5.78 Å². The van der Waals surface area contributed by atoms with Crippen molar-refractivity contribution in [1.29, 1.82) is 0 Å². The average Bonchev–Trinajstić information content (AvgIpc) is 3.17. The van der Waals surface area contributed by atoms with Crippen LogP contribution in [0.15, 0.2) is 24.8 Å². The van der Waals surface area contributed by atoms with Crippen molar-refractivity contribution in [3.63, 3.8) is 0 Å². The zero-order chi connectivity index (χ0) is 22.3. The number of ketones is 1. The molecular weight excluding hydrogens is 376 g/mol. The maximum atomic E-state index is 11.7. The summed E-state index contributed by atoms with van der Waals surface area (Å²) in [6, 6.07) is 5.42. The topological polar surface area (TPSA) is 57.7 Å². The first-order chi connectivity index (χ1) is 14.3. The summed E-state index contributed by atoms with van der Waals surface area (Å²) in [7, 11) is 1.79. The lowest BCUT2D eigenvalue weighted by Crippen LogP contribution is -2.32. The Labute approximate surface area is 181 Å². The van der Waals surface area contributed by atoms with Gasteiger partial charge in [0.1, 0.15) is 12.1 Å². The van der Waals surface area contributed by atoms with Crippen LogP contribution in [0.3, 0.4) is 0 Å². The Hall–Kier alpha value is -2.43. The molecule has 2 unspecified atom stereocenters. The van der Waals surface area contributed by atoms with Crippen molar-refractivity contribution in [3.05, 3.63) is 35.9 Å². The number of rotatable bonds is 12. The molecule has 2 rings (SSSR count). The number of nitrogens with zero attached hydrogens (tertiary/aromatic N) is 2. The number of likely N-dealkylation sites (N-methyl/N-ethyl adjacent to an activating group) is 1. The van der Waals surface area contributed by atoms with Crippen molar-refractivity contribution in [2.75, 3.05) is 25.0 Å². The Morgan fingerprint density at radius 1 is 1.33 bits per heavy atom. The average molecular weight is 413 g/mol. The number of hydrogen-bond donors (Lipinski definition) is 0. The van der Waals surface area contributed by atoms with Crippen molar-refractivity contribution in [2.45, 2.75) is 65.3 Å². The van der Waals surface area contributed by atoms with Crippen LogP contribution in [0.2, 0.25) is 0 Å². The molecule has 0 N–H and O–H groups in total. The van der Waals surface area contributed by atoms with E-state index in [9.17, 15) is 14.4 Å². The Morgan fingerprint density at radius 2 is 2.07 bits per heavy atom. The van der Waals surface area contributed by atoms with Crippen LogP contribution in [-0.4, -0.2) is 49.4 Å². The van der Waals surface area contributed by atoms with Gasteiger partial charge in [0.15, 0.2) is 6.29 Å². The Bertz CT molecular complexity index is 789. The van der Waals surface area contributed by atoms with Gasteiger partial charge >= 0.3 is 0 Å². The second-order valence-electron chi connectivity index (χ2n) is 8.67. The Kier molecular flexibility index (Phi) is 8.39. The first-order valence-corrected chi connectivity index (χ1v) is 11.0. The van der Waals surface area contributed by atoms with Gasteiger partial charge in [0, 0.05) is 49.1 Å². The van der Waals surface area contributed by atoms with Gasteiger partial charge in [0.2, 0.25) is 0 Å². The number of carbonyl (C=O) groups excluding carboxylic acids is 3. The third-order valence-electron chi connectivity index (χ3n) is 6.68. The van der Waals surface area contributed by atoms with Gasteiger partial charge < -0.3 is 19.4 Å². The molecule has 1 aliphatic heterocycles. The van der Waals surface area contributed by atoms with E-state index in [1.54, 1.807) is 11.9 Å². The fourth-order valence-corrected chi connectivity index (χ4v) is 4.54. The molecule has 0 amide bonds. The quantitative estimate of drug-likeness (QED) is 0.464. The van der Waals surface area contributed by atoms with Crippen molar-refractivity contribution in [2.24, 2.45) is 5.41 Å². The summed E-state index contributed by atoms with van der Waals surface area (Å²) < 4.78 is 0. The fourth-order valence-electron chi connectivity index (χ4n) is 4.54. The van der Waals surface area contributed by atoms with Crippen LogP contribution in [-0.2, 0) is 9.59 Å². The highest BCUT2D eigenvalue weighted by Gasteiger charge is 2.36. The van der Waals surface area contributed by atoms with E-state index in [0.29, 0.717) is 29.5 Å². The SMILES string of the molecule is C=C(c1cc(N2CCC(CC)(CCC)C2)ccc1C=O)N(C)C(C=O)CCC(C)=O. The number of hydrogen-bond acceptors (Lipinski definition) is 5. The first-order valence-electron chi connectivity index (χ1n) is 11.0. The highest BCUT2D eigenvalue weighted by molar-refractivity contribution is 5.87. The number of carbonyl (C=O) groups is 3. The minimum atomic E-state index is -0.450. The van der Waals surface area contributed by atoms with Crippen molar-refractivity contribution < 1.29 is 14.4 Å². The largest absolute Gasteiger partial charge is 0.371 e. The highest BCUT2D eigenvalue weighted by Crippen LogP contribution is 2.40. The molecule has 2 atom stereocenters. The first kappa shape index (κ1) is 23.8. The molecule has 1 aromatic rings. The van der Waals surface area contributed by atoms with Gasteiger partial charge in [-0.25, -0.2) is 0 Å². The van der Waals surface area contributed by atoms with Crippen LogP contribution in [0.4, 0.5) is 5.69 Å². The lowest BCUT2D eigenvalue weighted by atomic mass is 9.80. The predicted octanol–water partition coefficient (Wildman–Crippen LogP) is 4.74. The molecule has 164 valence electrons. The Balaban J connectivity index is 2.27. The monoisotopic (exact) mass is 412 g/mol. The predicted molar refractivity (Wildman–Crippen MR) is 123 cm³/mol. The van der Waals surface area contributed by atoms with Gasteiger partial charge in [0.25, 0.3) is 0 Å². The van der Waals surface area contributed by atoms with E-state index in [1.165, 1.54) is 32.6 Å². The molecule has 5 nitrogen and oxygen atoms in total. The molecule has 1 aromatic carbocycles. The van der Waals surface area contributed by atoms with E-state index < -0.39 is 6.04 Å². The van der Waals surface area contributed by atoms with E-state index in [1.807, 2.05) is 18.2 Å². The van der Waals surface area contributed by atoms with Crippen molar-refractivity contribution >= 4 is 29.7 Å². The van der Waals surface area contributed by atoms with Crippen LogP contribution >= 0.6 is 0 Å². The maximum absolute atomic E-state index is 11.7. The standard InChI is InChI=1S/C25H36N2O3/c1-6-12-25(7-2)13-14-27(18-25)22-11-9-21(16-28)24(15-22)20(4)26(5)23(17-29)10-8-19(3)30/h9,11,15-17,23H,4,6-8,10,12-14,18H2,1-3,5H3. The minimum absolute atomic E-state index is 0.0527. The highest BCUT2D eigenvalue weighted by atomic mass is 16.1. The molecule has 0 saturated carbocycles. The van der Waals surface area contributed by atoms with Gasteiger partial charge in [-0.3, -0.25) is 4.79 Å². The molecule has 0 aliphatic carbocycles. The van der Waals surface area contributed by atoms with Gasteiger partial charge in [-0.05, 0) is 56.2 Å². The number of benzene rings is 1. The molecular formula is C25H36N2O3. The van der Waals surface area contributed by atoms with Gasteiger partial charge in [-0.1, -0.05) is 26.8 Å². The molecule has 1 aliphatic rings. The van der Waals surface area contributed by atoms with Gasteiger partial charge in [0.05, 0.1) is 6.04 Å². The zero-order valence-corrected chi connectivity index (χ0v) is 18.9. The second-order valence-corrected chi connectivity index (χ2v) is 8.67. The van der Waals surface area contributed by atoms with Crippen LogP contribution in [0.1, 0.15) is 75.2 Å². The summed E-state index contributed by atoms with van der Waals surface area (Å²) in [6.07, 6.45) is 7.22. The third-order valence-corrected chi connectivity index (χ3v) is 6.68. The van der Waals surface area contributed by atoms with Crippen LogP contribution in [0, 0.1) is 5.41 Å². The smallest absolute Gasteiger partial charge is 0.150 e. The van der Waals surface area contributed by atoms with Crippen LogP contribution in [0.25, 0.3) is 5.70 Å². The molecule has 1 saturated heterocycles. The minimum Gasteiger partial charge on any atom is -0.371 e. The summed E-state index contributed by atoms with van der Waals surface area (Å²) >= 11 is 0. The van der Waals surface area contributed by atoms with Gasteiger partial charge in [-0.15, -0.1) is 0 Å². The number of anilines is 1. The number of Topliss-reactive ketones (excluding diaryl/α,β-unsaturated/α-hetero) is 1. The molecule has 0 spiro atoms. The molecule has 30 heavy (non-hydrogen) atoms. The fraction of sp³-hybridized carbons (Fsp3) is 0.560. The summed E-state index contributed by atoms with van der Waals surface area (Å²) in [5.41, 5.74) is 3.36. The summed E-state index contributed by atoms with van der Waals surface area (Å²) in [5.74, 6) is 0.0527. The molecule has 1 fully saturated rings. The van der Waals surface area contributed by atoms with Crippen LogP contribution < -0.4 is 4.90 Å². The molecule has 0 bridgehead atoms. The van der Waals surface area contributed by atoms with Crippen molar-refractivity contribution in [1.82, 2.24) is 4.90 Å². The van der Waals surface area contributed by atoms with E-state index in [0.717, 1.165) is 36.9 Å². The molecule has 0 aromatic heterocycles. The lowest BCUT2D eigenvalue weighted by Gasteiger charge is -2.30. The lowest BCUT2D eigenvalue weighted by molar-refractivity contribution is -0.117. The molecule has 1 heterocycles. The number of aldehydes is 2.